The molecule has 0 saturated carbocycles. The molecule has 0 aromatic heterocycles. The molecule has 0 radical (unpaired) electrons. The molecular weight excluding hydrogens is 220 g/mol. The van der Waals surface area contributed by atoms with Crippen LogP contribution in [0.25, 0.3) is 0 Å². The molecule has 0 spiro atoms. The average Bonchev–Trinajstić information content (AvgIpc) is 2.39. The third kappa shape index (κ3) is 14.0. The lowest BCUT2D eigenvalue weighted by atomic mass is 10.1. The van der Waals surface area contributed by atoms with E-state index in [1.807, 2.05) is 0 Å². The summed E-state index contributed by atoms with van der Waals surface area (Å²) in [6.07, 6.45) is 14.1. The molecule has 0 saturated heterocycles. The van der Waals surface area contributed by atoms with Crippen LogP contribution in [0.3, 0.4) is 0 Å². The molecule has 0 rings (SSSR count). The lowest BCUT2D eigenvalue weighted by Gasteiger charge is -2.09. The molecule has 110 valence electrons. The van der Waals surface area contributed by atoms with E-state index in [1.54, 1.807) is 0 Å². The second-order valence-electron chi connectivity index (χ2n) is 5.73. The Bertz CT molecular complexity index is 148. The molecule has 0 aromatic rings. The zero-order chi connectivity index (χ0) is 13.5. The standard InChI is InChI=1S/C16H36N2/c1-3-4-5-6-7-8-9-10-11-12-13-18-15-16(2)14-17/h16,18H,3-15,17H2,1-2H3. The summed E-state index contributed by atoms with van der Waals surface area (Å²) in [5, 5.41) is 3.48. The Morgan fingerprint density at radius 3 is 1.83 bits per heavy atom. The van der Waals surface area contributed by atoms with Crippen LogP contribution in [-0.4, -0.2) is 19.6 Å². The van der Waals surface area contributed by atoms with E-state index in [0.29, 0.717) is 5.92 Å². The molecule has 1 unspecified atom stereocenters. The van der Waals surface area contributed by atoms with Gasteiger partial charge >= 0.3 is 0 Å². The van der Waals surface area contributed by atoms with E-state index in [-0.39, 0.29) is 0 Å². The molecular formula is C16H36N2. The van der Waals surface area contributed by atoms with Crippen LogP contribution in [0.4, 0.5) is 0 Å². The van der Waals surface area contributed by atoms with Crippen LogP contribution < -0.4 is 11.1 Å². The fourth-order valence-electron chi connectivity index (χ4n) is 2.17. The van der Waals surface area contributed by atoms with Crippen molar-refractivity contribution in [1.82, 2.24) is 5.32 Å². The van der Waals surface area contributed by atoms with Crippen molar-refractivity contribution in [3.63, 3.8) is 0 Å². The minimum Gasteiger partial charge on any atom is -0.330 e. The van der Waals surface area contributed by atoms with Crippen molar-refractivity contribution in [2.75, 3.05) is 19.6 Å². The van der Waals surface area contributed by atoms with E-state index in [2.05, 4.69) is 19.2 Å². The summed E-state index contributed by atoms with van der Waals surface area (Å²) in [6, 6.07) is 0. The Morgan fingerprint density at radius 1 is 0.833 bits per heavy atom. The van der Waals surface area contributed by atoms with Crippen molar-refractivity contribution >= 4 is 0 Å². The van der Waals surface area contributed by atoms with Gasteiger partial charge in [0.2, 0.25) is 0 Å². The predicted molar refractivity (Wildman–Crippen MR) is 82.9 cm³/mol. The van der Waals surface area contributed by atoms with Gasteiger partial charge in [-0.25, -0.2) is 0 Å². The molecule has 0 aliphatic rings. The molecule has 0 heterocycles. The van der Waals surface area contributed by atoms with Crippen molar-refractivity contribution in [2.45, 2.75) is 78.1 Å². The molecule has 0 aliphatic carbocycles. The quantitative estimate of drug-likeness (QED) is 0.459. The molecule has 0 aliphatic heterocycles. The number of hydrogen-bond donors (Lipinski definition) is 2. The summed E-state index contributed by atoms with van der Waals surface area (Å²) >= 11 is 0. The van der Waals surface area contributed by atoms with E-state index in [4.69, 9.17) is 5.73 Å². The third-order valence-electron chi connectivity index (χ3n) is 3.60. The van der Waals surface area contributed by atoms with Gasteiger partial charge in [0, 0.05) is 0 Å². The van der Waals surface area contributed by atoms with Crippen LogP contribution in [-0.2, 0) is 0 Å². The van der Waals surface area contributed by atoms with Crippen LogP contribution in [0.1, 0.15) is 78.1 Å². The smallest absolute Gasteiger partial charge is 0.00111 e. The van der Waals surface area contributed by atoms with Crippen LogP contribution in [0.2, 0.25) is 0 Å². The molecule has 18 heavy (non-hydrogen) atoms. The van der Waals surface area contributed by atoms with Crippen LogP contribution in [0.15, 0.2) is 0 Å². The monoisotopic (exact) mass is 256 g/mol. The molecule has 3 N–H and O–H groups in total. The summed E-state index contributed by atoms with van der Waals surface area (Å²) < 4.78 is 0. The number of nitrogens with two attached hydrogens (primary N) is 1. The SMILES string of the molecule is CCCCCCCCCCCCNCC(C)CN. The average molecular weight is 256 g/mol. The normalized spacial score (nSPS) is 12.8. The Hall–Kier alpha value is -0.0800. The van der Waals surface area contributed by atoms with Crippen molar-refractivity contribution in [1.29, 1.82) is 0 Å². The second-order valence-corrected chi connectivity index (χ2v) is 5.73. The summed E-state index contributed by atoms with van der Waals surface area (Å²) in [5.41, 5.74) is 5.57. The molecule has 0 amide bonds. The van der Waals surface area contributed by atoms with E-state index >= 15 is 0 Å². The van der Waals surface area contributed by atoms with Gasteiger partial charge in [-0.1, -0.05) is 71.6 Å². The van der Waals surface area contributed by atoms with E-state index in [1.165, 1.54) is 70.8 Å². The van der Waals surface area contributed by atoms with Gasteiger partial charge in [0.15, 0.2) is 0 Å². The number of unbranched alkanes of at least 4 members (excludes halogenated alkanes) is 9. The maximum Gasteiger partial charge on any atom is -0.00111 e. The van der Waals surface area contributed by atoms with Crippen molar-refractivity contribution < 1.29 is 0 Å². The van der Waals surface area contributed by atoms with Crippen LogP contribution in [0, 0.1) is 5.92 Å². The van der Waals surface area contributed by atoms with E-state index < -0.39 is 0 Å². The third-order valence-corrected chi connectivity index (χ3v) is 3.60. The molecule has 0 aromatic carbocycles. The van der Waals surface area contributed by atoms with E-state index in [0.717, 1.165) is 13.1 Å². The zero-order valence-electron chi connectivity index (χ0n) is 12.8. The highest BCUT2D eigenvalue weighted by atomic mass is 14.9. The summed E-state index contributed by atoms with van der Waals surface area (Å²) in [5.74, 6) is 0.619. The maximum absolute atomic E-state index is 5.57. The van der Waals surface area contributed by atoms with Gasteiger partial charge in [-0.05, 0) is 32.0 Å². The fraction of sp³-hybridized carbons (Fsp3) is 1.00. The van der Waals surface area contributed by atoms with E-state index in [9.17, 15) is 0 Å². The summed E-state index contributed by atoms with van der Waals surface area (Å²) in [6.45, 7) is 7.52. The van der Waals surface area contributed by atoms with Gasteiger partial charge in [-0.3, -0.25) is 0 Å². The van der Waals surface area contributed by atoms with Gasteiger partial charge in [-0.2, -0.15) is 0 Å². The highest BCUT2D eigenvalue weighted by Gasteiger charge is 1.97. The number of nitrogens with one attached hydrogen (secondary N) is 1. The Labute approximate surface area is 115 Å². The molecule has 2 nitrogen and oxygen atoms in total. The maximum atomic E-state index is 5.57. The van der Waals surface area contributed by atoms with Gasteiger partial charge in [0.25, 0.3) is 0 Å². The number of hydrogen-bond acceptors (Lipinski definition) is 2. The Balaban J connectivity index is 2.94. The Morgan fingerprint density at radius 2 is 1.33 bits per heavy atom. The largest absolute Gasteiger partial charge is 0.330 e. The highest BCUT2D eigenvalue weighted by molar-refractivity contribution is 4.57. The molecule has 1 atom stereocenters. The Kier molecular flexibility index (Phi) is 14.9. The van der Waals surface area contributed by atoms with Crippen LogP contribution >= 0.6 is 0 Å². The topological polar surface area (TPSA) is 38.0 Å². The first-order valence-electron chi connectivity index (χ1n) is 8.22. The van der Waals surface area contributed by atoms with Gasteiger partial charge in [-0.15, -0.1) is 0 Å². The zero-order valence-corrected chi connectivity index (χ0v) is 12.8. The number of rotatable bonds is 14. The van der Waals surface area contributed by atoms with Gasteiger partial charge in [0.05, 0.1) is 0 Å². The lowest BCUT2D eigenvalue weighted by molar-refractivity contribution is 0.499. The summed E-state index contributed by atoms with van der Waals surface area (Å²) in [4.78, 5) is 0. The highest BCUT2D eigenvalue weighted by Crippen LogP contribution is 2.10. The first-order chi connectivity index (χ1) is 8.81. The van der Waals surface area contributed by atoms with Crippen molar-refractivity contribution in [3.05, 3.63) is 0 Å². The molecule has 2 heteroatoms. The lowest BCUT2D eigenvalue weighted by Crippen LogP contribution is -2.26. The second kappa shape index (κ2) is 15.0. The van der Waals surface area contributed by atoms with Gasteiger partial charge < -0.3 is 11.1 Å². The van der Waals surface area contributed by atoms with Crippen molar-refractivity contribution in [3.8, 4) is 0 Å². The minimum absolute atomic E-state index is 0.619. The van der Waals surface area contributed by atoms with Crippen molar-refractivity contribution in [2.24, 2.45) is 11.7 Å². The fourth-order valence-corrected chi connectivity index (χ4v) is 2.17. The molecule has 0 fully saturated rings. The first kappa shape index (κ1) is 17.9. The summed E-state index contributed by atoms with van der Waals surface area (Å²) in [7, 11) is 0. The first-order valence-corrected chi connectivity index (χ1v) is 8.22. The van der Waals surface area contributed by atoms with Crippen LogP contribution in [0.5, 0.6) is 0 Å². The minimum atomic E-state index is 0.619. The van der Waals surface area contributed by atoms with Gasteiger partial charge in [0.1, 0.15) is 0 Å². The molecule has 0 bridgehead atoms. The predicted octanol–water partition coefficient (Wildman–Crippen LogP) is 4.09.